The molecule has 3 rings (SSSR count). The van der Waals surface area contributed by atoms with Crippen LogP contribution in [0.4, 0.5) is 0 Å². The molecule has 8 heteroatoms. The Morgan fingerprint density at radius 3 is 2.85 bits per heavy atom. The summed E-state index contributed by atoms with van der Waals surface area (Å²) in [5, 5.41) is 13.2. The number of carboxylic acid groups (broad SMARTS) is 1. The normalized spacial score (nSPS) is 18.9. The van der Waals surface area contributed by atoms with Crippen LogP contribution in [0.3, 0.4) is 0 Å². The van der Waals surface area contributed by atoms with E-state index in [2.05, 4.69) is 10.3 Å². The Kier molecular flexibility index (Phi) is 6.13. The Morgan fingerprint density at radius 2 is 2.15 bits per heavy atom. The number of aromatic nitrogens is 1. The van der Waals surface area contributed by atoms with Gasteiger partial charge in [0, 0.05) is 23.7 Å². The molecular formula is C19H22ClN3O4. The van der Waals surface area contributed by atoms with Gasteiger partial charge in [0.05, 0.1) is 11.6 Å². The number of fused-ring (bicyclic) bond motifs is 1. The first-order valence-corrected chi connectivity index (χ1v) is 9.27. The number of halogens is 1. The van der Waals surface area contributed by atoms with Crippen LogP contribution >= 0.6 is 11.6 Å². The van der Waals surface area contributed by atoms with Crippen molar-refractivity contribution < 1.29 is 19.4 Å². The molecule has 2 aromatic rings. The van der Waals surface area contributed by atoms with Gasteiger partial charge >= 0.3 is 5.97 Å². The molecule has 0 bridgehead atoms. The monoisotopic (exact) mass is 391 g/mol. The molecule has 0 saturated heterocycles. The summed E-state index contributed by atoms with van der Waals surface area (Å²) in [4.78, 5) is 29.2. The number of nitrogens with zero attached hydrogens (tertiary/aromatic N) is 2. The number of likely N-dealkylation sites (N-methyl/N-ethyl adjacent to an activating group) is 1. The van der Waals surface area contributed by atoms with Crippen LogP contribution in [0, 0.1) is 0 Å². The van der Waals surface area contributed by atoms with Gasteiger partial charge < -0.3 is 15.2 Å². The van der Waals surface area contributed by atoms with Gasteiger partial charge in [-0.3, -0.25) is 19.5 Å². The van der Waals surface area contributed by atoms with Crippen molar-refractivity contribution in [2.75, 3.05) is 19.7 Å². The lowest BCUT2D eigenvalue weighted by Gasteiger charge is -2.42. The molecule has 2 N–H and O–H groups in total. The van der Waals surface area contributed by atoms with E-state index in [1.807, 2.05) is 17.9 Å². The highest BCUT2D eigenvalue weighted by Crippen LogP contribution is 2.29. The molecule has 1 aromatic heterocycles. The highest BCUT2D eigenvalue weighted by Gasteiger charge is 2.34. The molecule has 144 valence electrons. The third-order valence-corrected chi connectivity index (χ3v) is 5.11. The maximum Gasteiger partial charge on any atom is 0.317 e. The molecule has 1 fully saturated rings. The first kappa shape index (κ1) is 19.4. The second-order valence-electron chi connectivity index (χ2n) is 6.58. The van der Waals surface area contributed by atoms with Crippen LogP contribution in [0.1, 0.15) is 19.8 Å². The molecule has 1 aliphatic carbocycles. The van der Waals surface area contributed by atoms with Gasteiger partial charge in [0.1, 0.15) is 11.3 Å². The van der Waals surface area contributed by atoms with Crippen molar-refractivity contribution in [3.8, 4) is 5.75 Å². The quantitative estimate of drug-likeness (QED) is 0.717. The van der Waals surface area contributed by atoms with Gasteiger partial charge in [-0.15, -0.1) is 0 Å². The van der Waals surface area contributed by atoms with Crippen molar-refractivity contribution in [3.63, 3.8) is 0 Å². The van der Waals surface area contributed by atoms with Crippen LogP contribution in [0.2, 0.25) is 5.02 Å². The lowest BCUT2D eigenvalue weighted by atomic mass is 9.85. The zero-order chi connectivity index (χ0) is 19.4. The standard InChI is InChI=1S/C19H22ClN3O4/c1-2-23(10-18(25)26)13-8-12(9-13)22-17(24)11-27-16-6-5-15(20)14-4-3-7-21-19(14)16/h3-7,12-13H,2,8-11H2,1H3,(H,22,24)(H,25,26). The van der Waals surface area contributed by atoms with Crippen LogP contribution in [-0.4, -0.2) is 58.6 Å². The molecule has 1 heterocycles. The van der Waals surface area contributed by atoms with Crippen LogP contribution in [0.25, 0.3) is 10.9 Å². The highest BCUT2D eigenvalue weighted by atomic mass is 35.5. The second-order valence-corrected chi connectivity index (χ2v) is 6.99. The van der Waals surface area contributed by atoms with Crippen molar-refractivity contribution >= 4 is 34.4 Å². The molecule has 0 unspecified atom stereocenters. The summed E-state index contributed by atoms with van der Waals surface area (Å²) in [7, 11) is 0. The van der Waals surface area contributed by atoms with Crippen molar-refractivity contribution in [3.05, 3.63) is 35.5 Å². The number of pyridine rings is 1. The van der Waals surface area contributed by atoms with E-state index in [-0.39, 0.29) is 31.1 Å². The van der Waals surface area contributed by atoms with Gasteiger partial charge in [-0.2, -0.15) is 0 Å². The molecule has 0 radical (unpaired) electrons. The van der Waals surface area contributed by atoms with Crippen LogP contribution in [0.5, 0.6) is 5.75 Å². The van der Waals surface area contributed by atoms with E-state index in [0.29, 0.717) is 22.8 Å². The van der Waals surface area contributed by atoms with E-state index in [4.69, 9.17) is 21.4 Å². The first-order valence-electron chi connectivity index (χ1n) is 8.89. The summed E-state index contributed by atoms with van der Waals surface area (Å²) in [6.07, 6.45) is 3.15. The molecule has 0 spiro atoms. The lowest BCUT2D eigenvalue weighted by molar-refractivity contribution is -0.139. The first-order chi connectivity index (χ1) is 13.0. The Bertz CT molecular complexity index is 839. The number of aliphatic carboxylic acids is 1. The van der Waals surface area contributed by atoms with E-state index < -0.39 is 5.97 Å². The number of carbonyl (C=O) groups excluding carboxylic acids is 1. The summed E-state index contributed by atoms with van der Waals surface area (Å²) in [5.74, 6) is -0.532. The maximum absolute atomic E-state index is 12.2. The number of rotatable bonds is 8. The van der Waals surface area contributed by atoms with E-state index in [1.165, 1.54) is 0 Å². The van der Waals surface area contributed by atoms with Crippen molar-refractivity contribution in [2.24, 2.45) is 0 Å². The molecule has 7 nitrogen and oxygen atoms in total. The molecule has 1 saturated carbocycles. The minimum Gasteiger partial charge on any atom is -0.481 e. The number of benzene rings is 1. The van der Waals surface area contributed by atoms with Gasteiger partial charge in [-0.05, 0) is 43.7 Å². The summed E-state index contributed by atoms with van der Waals surface area (Å²) in [5.41, 5.74) is 0.619. The highest BCUT2D eigenvalue weighted by molar-refractivity contribution is 6.35. The zero-order valence-electron chi connectivity index (χ0n) is 15.0. The van der Waals surface area contributed by atoms with Gasteiger partial charge in [0.15, 0.2) is 6.61 Å². The Balaban J connectivity index is 1.49. The summed E-state index contributed by atoms with van der Waals surface area (Å²) in [6, 6.07) is 7.31. The smallest absolute Gasteiger partial charge is 0.317 e. The SMILES string of the molecule is CCN(CC(=O)O)C1CC(NC(=O)COc2ccc(Cl)c3cccnc23)C1. The average molecular weight is 392 g/mol. The predicted molar refractivity (Wildman–Crippen MR) is 102 cm³/mol. The number of carbonyl (C=O) groups is 2. The molecule has 27 heavy (non-hydrogen) atoms. The fraction of sp³-hybridized carbons (Fsp3) is 0.421. The van der Waals surface area contributed by atoms with Crippen molar-refractivity contribution in [1.29, 1.82) is 0 Å². The number of amides is 1. The second kappa shape index (κ2) is 8.54. The zero-order valence-corrected chi connectivity index (χ0v) is 15.8. The Hall–Kier alpha value is -2.38. The van der Waals surface area contributed by atoms with Gasteiger partial charge in [0.25, 0.3) is 5.91 Å². The minimum absolute atomic E-state index is 0.0294. The number of nitrogens with one attached hydrogen (secondary N) is 1. The molecule has 1 aliphatic rings. The maximum atomic E-state index is 12.2. The summed E-state index contributed by atoms with van der Waals surface area (Å²) in [6.45, 7) is 2.53. The Labute approximate surface area is 162 Å². The van der Waals surface area contributed by atoms with Gasteiger partial charge in [0.2, 0.25) is 0 Å². The van der Waals surface area contributed by atoms with E-state index >= 15 is 0 Å². The molecule has 0 aliphatic heterocycles. The third kappa shape index (κ3) is 4.67. The van der Waals surface area contributed by atoms with Crippen molar-refractivity contribution in [2.45, 2.75) is 31.8 Å². The predicted octanol–water partition coefficient (Wildman–Crippen LogP) is 2.32. The number of hydrogen-bond donors (Lipinski definition) is 2. The van der Waals surface area contributed by atoms with E-state index in [0.717, 1.165) is 18.2 Å². The third-order valence-electron chi connectivity index (χ3n) is 4.78. The summed E-state index contributed by atoms with van der Waals surface area (Å²) >= 11 is 6.15. The molecule has 1 aromatic carbocycles. The minimum atomic E-state index is -0.832. The van der Waals surface area contributed by atoms with Gasteiger partial charge in [-0.1, -0.05) is 18.5 Å². The van der Waals surface area contributed by atoms with Crippen LogP contribution in [0.15, 0.2) is 30.5 Å². The van der Waals surface area contributed by atoms with Gasteiger partial charge in [-0.25, -0.2) is 0 Å². The number of ether oxygens (including phenoxy) is 1. The Morgan fingerprint density at radius 1 is 1.37 bits per heavy atom. The largest absolute Gasteiger partial charge is 0.481 e. The topological polar surface area (TPSA) is 91.8 Å². The lowest BCUT2D eigenvalue weighted by Crippen LogP contribution is -2.55. The molecule has 1 amide bonds. The number of hydrogen-bond acceptors (Lipinski definition) is 5. The number of carboxylic acids is 1. The van der Waals surface area contributed by atoms with E-state index in [9.17, 15) is 9.59 Å². The van der Waals surface area contributed by atoms with E-state index in [1.54, 1.807) is 24.4 Å². The van der Waals surface area contributed by atoms with Crippen LogP contribution in [-0.2, 0) is 9.59 Å². The average Bonchev–Trinajstić information content (AvgIpc) is 2.62. The molecule has 0 atom stereocenters. The summed E-state index contributed by atoms with van der Waals surface area (Å²) < 4.78 is 5.63. The van der Waals surface area contributed by atoms with Crippen LogP contribution < -0.4 is 10.1 Å². The fourth-order valence-electron chi connectivity index (χ4n) is 3.32. The van der Waals surface area contributed by atoms with Crippen molar-refractivity contribution in [1.82, 2.24) is 15.2 Å². The fourth-order valence-corrected chi connectivity index (χ4v) is 3.53. The molecular weight excluding hydrogens is 370 g/mol.